The van der Waals surface area contributed by atoms with Gasteiger partial charge in [-0.1, -0.05) is 6.92 Å². The molecule has 2 rings (SSSR count). The Hall–Kier alpha value is -2.53. The fraction of sp³-hybridized carbons (Fsp3) is 0.308. The molecule has 21 heavy (non-hydrogen) atoms. The molecule has 0 amide bonds. The zero-order chi connectivity index (χ0) is 15.4. The van der Waals surface area contributed by atoms with E-state index in [4.69, 9.17) is 5.26 Å². The van der Waals surface area contributed by atoms with Crippen LogP contribution in [0.5, 0.6) is 0 Å². The molecule has 0 saturated carbocycles. The summed E-state index contributed by atoms with van der Waals surface area (Å²) in [5.74, 6) is 0.323. The Bertz CT molecular complexity index is 707. The van der Waals surface area contributed by atoms with Crippen molar-refractivity contribution in [1.29, 1.82) is 5.26 Å². The van der Waals surface area contributed by atoms with Crippen molar-refractivity contribution in [3.63, 3.8) is 0 Å². The van der Waals surface area contributed by atoms with E-state index in [0.717, 1.165) is 17.6 Å². The van der Waals surface area contributed by atoms with E-state index >= 15 is 0 Å². The van der Waals surface area contributed by atoms with Gasteiger partial charge >= 0.3 is 0 Å². The third-order valence-electron chi connectivity index (χ3n) is 2.85. The van der Waals surface area contributed by atoms with Gasteiger partial charge in [-0.15, -0.1) is 11.3 Å². The number of rotatable bonds is 5. The molecule has 2 aromatic heterocycles. The number of nitrogens with one attached hydrogen (secondary N) is 1. The normalized spacial score (nSPS) is 11.7. The summed E-state index contributed by atoms with van der Waals surface area (Å²) in [5, 5.41) is 23.7. The van der Waals surface area contributed by atoms with Crippen molar-refractivity contribution in [2.45, 2.75) is 26.3 Å². The predicted molar refractivity (Wildman–Crippen MR) is 79.1 cm³/mol. The van der Waals surface area contributed by atoms with E-state index in [1.807, 2.05) is 19.2 Å². The monoisotopic (exact) mass is 303 g/mol. The smallest absolute Gasteiger partial charge is 0.289 e. The number of pyridine rings is 1. The average molecular weight is 303 g/mol. The number of nitro groups is 1. The van der Waals surface area contributed by atoms with Crippen molar-refractivity contribution in [3.05, 3.63) is 44.0 Å². The molecule has 0 bridgehead atoms. The van der Waals surface area contributed by atoms with E-state index in [9.17, 15) is 10.1 Å². The highest BCUT2D eigenvalue weighted by Crippen LogP contribution is 2.26. The van der Waals surface area contributed by atoms with E-state index in [0.29, 0.717) is 5.82 Å². The Balaban J connectivity index is 2.22. The first-order chi connectivity index (χ1) is 10.0. The quantitative estimate of drug-likeness (QED) is 0.672. The van der Waals surface area contributed by atoms with Gasteiger partial charge in [-0.05, 0) is 13.3 Å². The second kappa shape index (κ2) is 6.28. The van der Waals surface area contributed by atoms with Gasteiger partial charge in [0.2, 0.25) is 0 Å². The first-order valence-electron chi connectivity index (χ1n) is 6.30. The number of anilines is 1. The van der Waals surface area contributed by atoms with Crippen molar-refractivity contribution >= 4 is 22.8 Å². The fourth-order valence-corrected chi connectivity index (χ4v) is 2.57. The third-order valence-corrected chi connectivity index (χ3v) is 4.17. The number of aryl methyl sites for hydroxylation is 1. The van der Waals surface area contributed by atoms with E-state index in [-0.39, 0.29) is 17.3 Å². The molecule has 0 aliphatic carbocycles. The highest BCUT2D eigenvalue weighted by molar-refractivity contribution is 7.11. The molecule has 2 heterocycles. The molecule has 8 heteroatoms. The second-order valence-corrected chi connectivity index (χ2v) is 5.49. The maximum atomic E-state index is 10.7. The summed E-state index contributed by atoms with van der Waals surface area (Å²) in [6, 6.07) is 3.00. The number of hydrogen-bond acceptors (Lipinski definition) is 7. The number of thiazole rings is 1. The Kier molecular flexibility index (Phi) is 4.45. The summed E-state index contributed by atoms with van der Waals surface area (Å²) in [6.07, 6.45) is 3.88. The van der Waals surface area contributed by atoms with Gasteiger partial charge in [0, 0.05) is 17.1 Å². The fourth-order valence-electron chi connectivity index (χ4n) is 1.71. The van der Waals surface area contributed by atoms with Crippen molar-refractivity contribution in [3.8, 4) is 6.07 Å². The largest absolute Gasteiger partial charge is 0.360 e. The number of hydrogen-bond donors (Lipinski definition) is 1. The van der Waals surface area contributed by atoms with Crippen molar-refractivity contribution in [1.82, 2.24) is 9.97 Å². The molecule has 0 radical (unpaired) electrons. The molecular weight excluding hydrogens is 290 g/mol. The van der Waals surface area contributed by atoms with Gasteiger partial charge in [0.15, 0.2) is 0 Å². The van der Waals surface area contributed by atoms with Gasteiger partial charge in [-0.3, -0.25) is 10.1 Å². The molecular formula is C13H13N5O2S. The van der Waals surface area contributed by atoms with Gasteiger partial charge in [0.25, 0.3) is 5.69 Å². The van der Waals surface area contributed by atoms with Crippen molar-refractivity contribution in [2.75, 3.05) is 5.32 Å². The van der Waals surface area contributed by atoms with Crippen LogP contribution in [0.4, 0.5) is 11.5 Å². The topological polar surface area (TPSA) is 105 Å². The number of nitriles is 1. The van der Waals surface area contributed by atoms with Crippen LogP contribution in [-0.4, -0.2) is 14.9 Å². The van der Waals surface area contributed by atoms with Crippen molar-refractivity contribution in [2.24, 2.45) is 0 Å². The molecule has 1 atom stereocenters. The molecule has 0 aliphatic heterocycles. The van der Waals surface area contributed by atoms with Crippen LogP contribution in [0.2, 0.25) is 0 Å². The van der Waals surface area contributed by atoms with E-state index < -0.39 is 4.92 Å². The first-order valence-corrected chi connectivity index (χ1v) is 7.12. The second-order valence-electron chi connectivity index (χ2n) is 4.34. The van der Waals surface area contributed by atoms with Gasteiger partial charge in [0.1, 0.15) is 28.7 Å². The molecule has 0 fully saturated rings. The molecule has 108 valence electrons. The summed E-state index contributed by atoms with van der Waals surface area (Å²) in [6.45, 7) is 3.96. The molecule has 7 nitrogen and oxygen atoms in total. The van der Waals surface area contributed by atoms with Gasteiger partial charge in [-0.25, -0.2) is 9.97 Å². The van der Waals surface area contributed by atoms with Gasteiger partial charge in [-0.2, -0.15) is 5.26 Å². The maximum absolute atomic E-state index is 10.7. The highest BCUT2D eigenvalue weighted by Gasteiger charge is 2.16. The first kappa shape index (κ1) is 14.9. The minimum atomic E-state index is -0.574. The Morgan fingerprint density at radius 1 is 1.52 bits per heavy atom. The summed E-state index contributed by atoms with van der Waals surface area (Å²) in [7, 11) is 0. The van der Waals surface area contributed by atoms with Crippen LogP contribution >= 0.6 is 11.3 Å². The molecule has 0 saturated heterocycles. The minimum Gasteiger partial charge on any atom is -0.360 e. The third kappa shape index (κ3) is 3.32. The van der Waals surface area contributed by atoms with E-state index in [1.54, 1.807) is 11.3 Å². The average Bonchev–Trinajstić information content (AvgIpc) is 2.96. The van der Waals surface area contributed by atoms with Gasteiger partial charge < -0.3 is 5.32 Å². The molecule has 1 N–H and O–H groups in total. The number of nitrogens with zero attached hydrogens (tertiary/aromatic N) is 4. The molecule has 2 aromatic rings. The molecule has 0 aromatic carbocycles. The van der Waals surface area contributed by atoms with E-state index in [1.165, 1.54) is 10.9 Å². The maximum Gasteiger partial charge on any atom is 0.289 e. The van der Waals surface area contributed by atoms with Crippen molar-refractivity contribution < 1.29 is 4.92 Å². The van der Waals surface area contributed by atoms with Crippen LogP contribution in [-0.2, 0) is 6.42 Å². The van der Waals surface area contributed by atoms with Crippen LogP contribution in [0.3, 0.4) is 0 Å². The number of aromatic nitrogens is 2. The summed E-state index contributed by atoms with van der Waals surface area (Å²) >= 11 is 1.59. The zero-order valence-electron chi connectivity index (χ0n) is 11.5. The SMILES string of the molecule is CCc1cnc(C(C)Nc2ncc([N+](=O)[O-])cc2C#N)s1. The lowest BCUT2D eigenvalue weighted by molar-refractivity contribution is -0.385. The molecule has 1 unspecified atom stereocenters. The zero-order valence-corrected chi connectivity index (χ0v) is 12.3. The highest BCUT2D eigenvalue weighted by atomic mass is 32.1. The van der Waals surface area contributed by atoms with Crippen LogP contribution < -0.4 is 5.32 Å². The van der Waals surface area contributed by atoms with Crippen LogP contribution in [0, 0.1) is 21.4 Å². The summed E-state index contributed by atoms with van der Waals surface area (Å²) < 4.78 is 0. The van der Waals surface area contributed by atoms with Crippen LogP contribution in [0.25, 0.3) is 0 Å². The molecule has 0 aliphatic rings. The summed E-state index contributed by atoms with van der Waals surface area (Å²) in [5.41, 5.74) is -0.0596. The van der Waals surface area contributed by atoms with E-state index in [2.05, 4.69) is 22.2 Å². The van der Waals surface area contributed by atoms with Gasteiger partial charge in [0.05, 0.1) is 11.0 Å². The molecule has 0 spiro atoms. The Labute approximate surface area is 125 Å². The lowest BCUT2D eigenvalue weighted by Crippen LogP contribution is -2.09. The summed E-state index contributed by atoms with van der Waals surface area (Å²) in [4.78, 5) is 19.6. The minimum absolute atomic E-state index is 0.128. The Morgan fingerprint density at radius 3 is 2.86 bits per heavy atom. The standard InChI is InChI=1S/C13H13N5O2S/c1-3-11-7-16-13(21-11)8(2)17-12-9(5-14)4-10(6-15-12)18(19)20/h4,6-8H,3H2,1-2H3,(H,15,17). The lowest BCUT2D eigenvalue weighted by atomic mass is 10.2. The lowest BCUT2D eigenvalue weighted by Gasteiger charge is -2.12. The Morgan fingerprint density at radius 2 is 2.29 bits per heavy atom. The predicted octanol–water partition coefficient (Wildman–Crippen LogP) is 3.05. The van der Waals surface area contributed by atoms with Crippen LogP contribution in [0.15, 0.2) is 18.5 Å². The van der Waals surface area contributed by atoms with Crippen LogP contribution in [0.1, 0.15) is 35.3 Å².